The van der Waals surface area contributed by atoms with Gasteiger partial charge in [0.25, 0.3) is 5.91 Å². The maximum absolute atomic E-state index is 11.9. The van der Waals surface area contributed by atoms with Crippen LogP contribution >= 0.6 is 11.3 Å². The first-order valence-corrected chi connectivity index (χ1v) is 6.97. The number of nitrogens with zero attached hydrogens (tertiary/aromatic N) is 2. The van der Waals surface area contributed by atoms with Gasteiger partial charge >= 0.3 is 0 Å². The fourth-order valence-electron chi connectivity index (χ4n) is 1.74. The number of carbonyl (C=O) groups excluding carboxylic acids is 1. The Morgan fingerprint density at radius 2 is 2.45 bits per heavy atom. The number of H-pyrrole nitrogens is 1. The summed E-state index contributed by atoms with van der Waals surface area (Å²) in [5.41, 5.74) is 1.27. The number of amides is 1. The molecule has 2 N–H and O–H groups in total. The van der Waals surface area contributed by atoms with Crippen molar-refractivity contribution in [2.45, 2.75) is 6.42 Å². The van der Waals surface area contributed by atoms with E-state index in [0.29, 0.717) is 18.7 Å². The van der Waals surface area contributed by atoms with E-state index >= 15 is 0 Å². The molecule has 6 nitrogen and oxygen atoms in total. The van der Waals surface area contributed by atoms with Gasteiger partial charge in [0, 0.05) is 30.9 Å². The van der Waals surface area contributed by atoms with Gasteiger partial charge in [-0.1, -0.05) is 11.2 Å². The largest absolute Gasteiger partial charge is 0.355 e. The zero-order valence-corrected chi connectivity index (χ0v) is 11.3. The van der Waals surface area contributed by atoms with Crippen molar-refractivity contribution in [1.82, 2.24) is 20.4 Å². The first-order chi connectivity index (χ1) is 9.83. The molecule has 0 aromatic carbocycles. The summed E-state index contributed by atoms with van der Waals surface area (Å²) in [6.45, 7) is 0.516. The van der Waals surface area contributed by atoms with Crippen molar-refractivity contribution in [3.8, 4) is 10.6 Å². The Kier molecular flexibility index (Phi) is 3.60. The molecule has 0 unspecified atom stereocenters. The molecule has 0 aliphatic rings. The second-order valence-corrected chi connectivity index (χ2v) is 5.08. The molecule has 0 saturated heterocycles. The fraction of sp³-hybridized carbons (Fsp3) is 0.154. The number of aromatic amines is 1. The molecule has 0 spiro atoms. The van der Waals surface area contributed by atoms with E-state index in [1.807, 2.05) is 17.5 Å². The van der Waals surface area contributed by atoms with E-state index in [9.17, 15) is 4.79 Å². The number of aromatic nitrogens is 3. The molecule has 0 fully saturated rings. The van der Waals surface area contributed by atoms with Crippen molar-refractivity contribution in [3.63, 3.8) is 0 Å². The Hall–Kier alpha value is -2.41. The van der Waals surface area contributed by atoms with Gasteiger partial charge < -0.3 is 14.8 Å². The highest BCUT2D eigenvalue weighted by Crippen LogP contribution is 2.24. The third-order valence-corrected chi connectivity index (χ3v) is 3.63. The molecule has 0 aliphatic heterocycles. The fourth-order valence-corrected chi connectivity index (χ4v) is 2.41. The minimum Gasteiger partial charge on any atom is -0.355 e. The minimum absolute atomic E-state index is 0.240. The molecule has 7 heteroatoms. The number of thiophene rings is 1. The van der Waals surface area contributed by atoms with Gasteiger partial charge in [0.2, 0.25) is 0 Å². The predicted molar refractivity (Wildman–Crippen MR) is 74.4 cm³/mol. The van der Waals surface area contributed by atoms with Crippen LogP contribution in [0, 0.1) is 0 Å². The highest BCUT2D eigenvalue weighted by molar-refractivity contribution is 7.13. The van der Waals surface area contributed by atoms with E-state index < -0.39 is 0 Å². The standard InChI is InChI=1S/C13H12N4O2S/c18-13(15-4-3-9-7-14-8-16-9)10-6-11(19-17-10)12-2-1-5-20-12/h1-2,5-8H,3-4H2,(H,14,16)(H,15,18). The van der Waals surface area contributed by atoms with Crippen molar-refractivity contribution < 1.29 is 9.32 Å². The molecule has 3 aromatic heterocycles. The highest BCUT2D eigenvalue weighted by atomic mass is 32.1. The normalized spacial score (nSPS) is 10.6. The summed E-state index contributed by atoms with van der Waals surface area (Å²) in [6, 6.07) is 5.50. The van der Waals surface area contributed by atoms with Crippen LogP contribution in [0.1, 0.15) is 16.2 Å². The number of carbonyl (C=O) groups is 1. The van der Waals surface area contributed by atoms with E-state index in [-0.39, 0.29) is 11.6 Å². The third kappa shape index (κ3) is 2.77. The van der Waals surface area contributed by atoms with Crippen molar-refractivity contribution in [2.75, 3.05) is 6.54 Å². The molecule has 0 radical (unpaired) electrons. The molecule has 20 heavy (non-hydrogen) atoms. The summed E-state index contributed by atoms with van der Waals surface area (Å²) >= 11 is 1.54. The lowest BCUT2D eigenvalue weighted by molar-refractivity contribution is 0.0945. The Balaban J connectivity index is 1.57. The molecule has 0 aliphatic carbocycles. The second kappa shape index (κ2) is 5.70. The molecule has 3 rings (SSSR count). The van der Waals surface area contributed by atoms with Crippen LogP contribution in [0.15, 0.2) is 40.6 Å². The number of hydrogen-bond donors (Lipinski definition) is 2. The van der Waals surface area contributed by atoms with Gasteiger partial charge in [-0.05, 0) is 11.4 Å². The molecular formula is C13H12N4O2S. The van der Waals surface area contributed by atoms with Crippen LogP contribution in [0.2, 0.25) is 0 Å². The van der Waals surface area contributed by atoms with E-state index in [1.165, 1.54) is 0 Å². The molecule has 3 heterocycles. The van der Waals surface area contributed by atoms with Crippen LogP contribution in [0.25, 0.3) is 10.6 Å². The Morgan fingerprint density at radius 1 is 1.50 bits per heavy atom. The quantitative estimate of drug-likeness (QED) is 0.753. The maximum Gasteiger partial charge on any atom is 0.273 e. The van der Waals surface area contributed by atoms with Crippen molar-refractivity contribution in [2.24, 2.45) is 0 Å². The van der Waals surface area contributed by atoms with E-state index in [2.05, 4.69) is 20.4 Å². The summed E-state index contributed by atoms with van der Waals surface area (Å²) in [5.74, 6) is 0.370. The van der Waals surface area contributed by atoms with Gasteiger partial charge in [0.15, 0.2) is 11.5 Å². The topological polar surface area (TPSA) is 83.8 Å². The number of imidazole rings is 1. The van der Waals surface area contributed by atoms with Crippen LogP contribution in [0.5, 0.6) is 0 Å². The highest BCUT2D eigenvalue weighted by Gasteiger charge is 2.13. The number of nitrogens with one attached hydrogen (secondary N) is 2. The van der Waals surface area contributed by atoms with Crippen molar-refractivity contribution in [1.29, 1.82) is 0 Å². The summed E-state index contributed by atoms with van der Waals surface area (Å²) in [4.78, 5) is 19.7. The maximum atomic E-state index is 11.9. The zero-order valence-electron chi connectivity index (χ0n) is 10.5. The zero-order chi connectivity index (χ0) is 13.8. The third-order valence-electron chi connectivity index (χ3n) is 2.74. The SMILES string of the molecule is O=C(NCCc1cnc[nH]1)c1cc(-c2cccs2)on1. The van der Waals surface area contributed by atoms with Crippen molar-refractivity contribution in [3.05, 3.63) is 47.5 Å². The average Bonchev–Trinajstić information content (AvgIpc) is 3.20. The lowest BCUT2D eigenvalue weighted by atomic mass is 10.3. The van der Waals surface area contributed by atoms with Gasteiger partial charge in [-0.25, -0.2) is 4.98 Å². The van der Waals surface area contributed by atoms with Gasteiger partial charge in [0.05, 0.1) is 11.2 Å². The monoisotopic (exact) mass is 288 g/mol. The molecular weight excluding hydrogens is 276 g/mol. The number of hydrogen-bond acceptors (Lipinski definition) is 5. The van der Waals surface area contributed by atoms with Gasteiger partial charge in [-0.2, -0.15) is 0 Å². The van der Waals surface area contributed by atoms with Crippen LogP contribution in [0.4, 0.5) is 0 Å². The van der Waals surface area contributed by atoms with Crippen LogP contribution in [-0.2, 0) is 6.42 Å². The molecule has 1 amide bonds. The average molecular weight is 288 g/mol. The first kappa shape index (κ1) is 12.6. The second-order valence-electron chi connectivity index (χ2n) is 4.14. The smallest absolute Gasteiger partial charge is 0.273 e. The minimum atomic E-state index is -0.240. The molecule has 102 valence electrons. The molecule has 0 atom stereocenters. The van der Waals surface area contributed by atoms with Gasteiger partial charge in [-0.15, -0.1) is 11.3 Å². The van der Waals surface area contributed by atoms with Crippen molar-refractivity contribution >= 4 is 17.2 Å². The van der Waals surface area contributed by atoms with Crippen LogP contribution < -0.4 is 5.32 Å². The van der Waals surface area contributed by atoms with Gasteiger partial charge in [0.1, 0.15) is 0 Å². The summed E-state index contributed by atoms with van der Waals surface area (Å²) < 4.78 is 5.17. The Morgan fingerprint density at radius 3 is 3.20 bits per heavy atom. The van der Waals surface area contributed by atoms with E-state index in [4.69, 9.17) is 4.52 Å². The summed E-state index contributed by atoms with van der Waals surface area (Å²) in [7, 11) is 0. The predicted octanol–water partition coefficient (Wildman–Crippen LogP) is 2.10. The lowest BCUT2D eigenvalue weighted by Crippen LogP contribution is -2.25. The van der Waals surface area contributed by atoms with Crippen LogP contribution in [0.3, 0.4) is 0 Å². The van der Waals surface area contributed by atoms with E-state index in [1.54, 1.807) is 29.9 Å². The molecule has 0 saturated carbocycles. The molecule has 3 aromatic rings. The Labute approximate surface area is 118 Å². The summed E-state index contributed by atoms with van der Waals surface area (Å²) in [5, 5.41) is 8.52. The Bertz CT molecular complexity index is 673. The van der Waals surface area contributed by atoms with Crippen LogP contribution in [-0.4, -0.2) is 27.6 Å². The first-order valence-electron chi connectivity index (χ1n) is 6.09. The molecule has 0 bridgehead atoms. The van der Waals surface area contributed by atoms with E-state index in [0.717, 1.165) is 10.6 Å². The number of rotatable bonds is 5. The lowest BCUT2D eigenvalue weighted by Gasteiger charge is -2.00. The van der Waals surface area contributed by atoms with Gasteiger partial charge in [-0.3, -0.25) is 4.79 Å². The summed E-state index contributed by atoms with van der Waals surface area (Å²) in [6.07, 6.45) is 4.04.